The van der Waals surface area contributed by atoms with Crippen LogP contribution in [0.25, 0.3) is 0 Å². The number of imide groups is 1. The summed E-state index contributed by atoms with van der Waals surface area (Å²) in [7, 11) is 0. The second kappa shape index (κ2) is 6.36. The van der Waals surface area contributed by atoms with E-state index in [0.29, 0.717) is 18.4 Å². The highest BCUT2D eigenvalue weighted by molar-refractivity contribution is 6.10. The molecule has 124 valence electrons. The van der Waals surface area contributed by atoms with Crippen LogP contribution in [0.15, 0.2) is 18.2 Å². The Bertz CT molecular complexity index is 656. The Balaban J connectivity index is 2.06. The van der Waals surface area contributed by atoms with Gasteiger partial charge in [0.25, 0.3) is 5.91 Å². The van der Waals surface area contributed by atoms with Gasteiger partial charge in [0.05, 0.1) is 0 Å². The van der Waals surface area contributed by atoms with Crippen LogP contribution < -0.4 is 10.6 Å². The molecule has 6 nitrogen and oxygen atoms in total. The third kappa shape index (κ3) is 3.18. The van der Waals surface area contributed by atoms with Crippen molar-refractivity contribution in [2.24, 2.45) is 0 Å². The van der Waals surface area contributed by atoms with Crippen molar-refractivity contribution in [3.8, 4) is 0 Å². The van der Waals surface area contributed by atoms with Crippen molar-refractivity contribution in [2.75, 3.05) is 11.9 Å². The highest BCUT2D eigenvalue weighted by Gasteiger charge is 2.49. The van der Waals surface area contributed by atoms with Gasteiger partial charge < -0.3 is 10.6 Å². The molecule has 2 rings (SSSR count). The van der Waals surface area contributed by atoms with Gasteiger partial charge in [-0.25, -0.2) is 9.18 Å². The van der Waals surface area contributed by atoms with Crippen LogP contribution in [0.2, 0.25) is 0 Å². The van der Waals surface area contributed by atoms with Gasteiger partial charge in [-0.2, -0.15) is 0 Å². The van der Waals surface area contributed by atoms with Crippen molar-refractivity contribution in [1.82, 2.24) is 10.2 Å². The molecular weight excluding hydrogens is 301 g/mol. The number of nitrogens with one attached hydrogen (secondary N) is 2. The first kappa shape index (κ1) is 16.9. The molecule has 0 saturated carbocycles. The number of hydrogen-bond donors (Lipinski definition) is 2. The maximum Gasteiger partial charge on any atom is 0.325 e. The molecule has 1 fully saturated rings. The van der Waals surface area contributed by atoms with Crippen LogP contribution in [0.4, 0.5) is 14.9 Å². The van der Waals surface area contributed by atoms with E-state index in [4.69, 9.17) is 0 Å². The molecule has 1 aliphatic rings. The van der Waals surface area contributed by atoms with Crippen molar-refractivity contribution >= 4 is 23.5 Å². The van der Waals surface area contributed by atoms with Crippen LogP contribution in [-0.2, 0) is 9.59 Å². The number of carbonyl (C=O) groups is 3. The molecular formula is C16H20FN3O3. The molecule has 0 aromatic heterocycles. The van der Waals surface area contributed by atoms with E-state index < -0.39 is 35.7 Å². The van der Waals surface area contributed by atoms with E-state index in [9.17, 15) is 18.8 Å². The van der Waals surface area contributed by atoms with E-state index in [2.05, 4.69) is 10.6 Å². The minimum atomic E-state index is -0.937. The Morgan fingerprint density at radius 3 is 2.48 bits per heavy atom. The fraction of sp³-hybridized carbons (Fsp3) is 0.438. The number of aryl methyl sites for hydroxylation is 1. The molecule has 23 heavy (non-hydrogen) atoms. The van der Waals surface area contributed by atoms with Crippen LogP contribution in [0.3, 0.4) is 0 Å². The summed E-state index contributed by atoms with van der Waals surface area (Å²) in [4.78, 5) is 37.3. The van der Waals surface area contributed by atoms with E-state index in [1.807, 2.05) is 0 Å². The van der Waals surface area contributed by atoms with Crippen molar-refractivity contribution < 1.29 is 18.8 Å². The molecule has 1 aromatic carbocycles. The van der Waals surface area contributed by atoms with Crippen molar-refractivity contribution in [3.05, 3.63) is 29.6 Å². The maximum atomic E-state index is 13.5. The zero-order chi connectivity index (χ0) is 17.2. The number of anilines is 1. The summed E-state index contributed by atoms with van der Waals surface area (Å²) in [5.41, 5.74) is -0.192. The zero-order valence-corrected chi connectivity index (χ0v) is 13.4. The lowest BCUT2D eigenvalue weighted by Crippen LogP contribution is -2.46. The van der Waals surface area contributed by atoms with Gasteiger partial charge in [0, 0.05) is 5.69 Å². The van der Waals surface area contributed by atoms with Gasteiger partial charge in [-0.05, 0) is 37.5 Å². The molecule has 2 N–H and O–H groups in total. The molecule has 1 aromatic rings. The van der Waals surface area contributed by atoms with Gasteiger partial charge in [-0.1, -0.05) is 19.9 Å². The number of amides is 4. The number of hydrogen-bond acceptors (Lipinski definition) is 3. The summed E-state index contributed by atoms with van der Waals surface area (Å²) in [6, 6.07) is 3.72. The van der Waals surface area contributed by atoms with Gasteiger partial charge in [0.15, 0.2) is 0 Å². The summed E-state index contributed by atoms with van der Waals surface area (Å²) in [6.07, 6.45) is 0.907. The van der Waals surface area contributed by atoms with Crippen molar-refractivity contribution in [1.29, 1.82) is 0 Å². The average molecular weight is 321 g/mol. The summed E-state index contributed by atoms with van der Waals surface area (Å²) in [5, 5.41) is 5.14. The van der Waals surface area contributed by atoms with E-state index in [0.717, 1.165) is 4.90 Å². The number of urea groups is 1. The predicted octanol–water partition coefficient (Wildman–Crippen LogP) is 2.18. The fourth-order valence-electron chi connectivity index (χ4n) is 2.56. The van der Waals surface area contributed by atoms with E-state index in [1.54, 1.807) is 26.8 Å². The number of carbonyl (C=O) groups excluding carboxylic acids is 3. The molecule has 1 saturated heterocycles. The number of benzene rings is 1. The van der Waals surface area contributed by atoms with Crippen LogP contribution in [0.5, 0.6) is 0 Å². The van der Waals surface area contributed by atoms with Crippen molar-refractivity contribution in [2.45, 2.75) is 39.2 Å². The van der Waals surface area contributed by atoms with Gasteiger partial charge in [-0.15, -0.1) is 0 Å². The molecule has 0 atom stereocenters. The second-order valence-electron chi connectivity index (χ2n) is 5.62. The van der Waals surface area contributed by atoms with Gasteiger partial charge >= 0.3 is 6.03 Å². The Morgan fingerprint density at radius 2 is 1.96 bits per heavy atom. The fourth-order valence-corrected chi connectivity index (χ4v) is 2.56. The first-order valence-corrected chi connectivity index (χ1v) is 7.53. The van der Waals surface area contributed by atoms with Crippen LogP contribution >= 0.6 is 0 Å². The molecule has 0 aliphatic carbocycles. The first-order valence-electron chi connectivity index (χ1n) is 7.53. The van der Waals surface area contributed by atoms with Crippen LogP contribution in [0, 0.1) is 12.7 Å². The van der Waals surface area contributed by atoms with Gasteiger partial charge in [-0.3, -0.25) is 14.5 Å². The summed E-state index contributed by atoms with van der Waals surface area (Å²) >= 11 is 0. The Hall–Kier alpha value is -2.44. The molecule has 0 unspecified atom stereocenters. The quantitative estimate of drug-likeness (QED) is 0.816. The third-order valence-corrected chi connectivity index (χ3v) is 4.21. The molecule has 4 amide bonds. The molecule has 1 heterocycles. The standard InChI is InChI=1S/C16H20FN3O3/c1-4-16(5-2)14(22)20(15(23)19-16)9-13(21)18-11-7-6-10(3)12(17)8-11/h6-8H,4-5,9H2,1-3H3,(H,18,21)(H,19,23). The molecule has 0 bridgehead atoms. The monoisotopic (exact) mass is 321 g/mol. The van der Waals surface area contributed by atoms with E-state index in [1.165, 1.54) is 12.1 Å². The third-order valence-electron chi connectivity index (χ3n) is 4.21. The SMILES string of the molecule is CCC1(CC)NC(=O)N(CC(=O)Nc2ccc(C)c(F)c2)C1=O. The number of nitrogens with zero attached hydrogens (tertiary/aromatic N) is 1. The Kier molecular flexibility index (Phi) is 4.68. The summed E-state index contributed by atoms with van der Waals surface area (Å²) in [6.45, 7) is 4.83. The highest BCUT2D eigenvalue weighted by atomic mass is 19.1. The molecule has 1 aliphatic heterocycles. The predicted molar refractivity (Wildman–Crippen MR) is 83.3 cm³/mol. The first-order chi connectivity index (χ1) is 10.8. The Morgan fingerprint density at radius 1 is 1.30 bits per heavy atom. The molecule has 0 spiro atoms. The lowest BCUT2D eigenvalue weighted by atomic mass is 9.93. The van der Waals surface area contributed by atoms with Gasteiger partial charge in [0.1, 0.15) is 17.9 Å². The minimum absolute atomic E-state index is 0.280. The largest absolute Gasteiger partial charge is 0.325 e. The molecule has 7 heteroatoms. The van der Waals surface area contributed by atoms with Crippen molar-refractivity contribution in [3.63, 3.8) is 0 Å². The normalized spacial score (nSPS) is 16.4. The van der Waals surface area contributed by atoms with Gasteiger partial charge in [0.2, 0.25) is 5.91 Å². The van der Waals surface area contributed by atoms with E-state index >= 15 is 0 Å². The summed E-state index contributed by atoms with van der Waals surface area (Å²) in [5.74, 6) is -1.40. The smallest absolute Gasteiger partial charge is 0.324 e. The average Bonchev–Trinajstić information content (AvgIpc) is 2.75. The van der Waals surface area contributed by atoms with Crippen LogP contribution in [0.1, 0.15) is 32.3 Å². The zero-order valence-electron chi connectivity index (χ0n) is 13.4. The number of rotatable bonds is 5. The minimum Gasteiger partial charge on any atom is -0.324 e. The lowest BCUT2D eigenvalue weighted by molar-refractivity contribution is -0.134. The number of halogens is 1. The van der Waals surface area contributed by atoms with Crippen LogP contribution in [-0.4, -0.2) is 34.8 Å². The lowest BCUT2D eigenvalue weighted by Gasteiger charge is -2.23. The Labute approximate surface area is 134 Å². The maximum absolute atomic E-state index is 13.5. The highest BCUT2D eigenvalue weighted by Crippen LogP contribution is 2.24. The topological polar surface area (TPSA) is 78.5 Å². The van der Waals surface area contributed by atoms with E-state index in [-0.39, 0.29) is 5.69 Å². The molecule has 0 radical (unpaired) electrons. The second-order valence-corrected chi connectivity index (χ2v) is 5.62. The summed E-state index contributed by atoms with van der Waals surface area (Å²) < 4.78 is 13.5.